The average Bonchev–Trinajstić information content (AvgIpc) is 3.26. The highest BCUT2D eigenvalue weighted by Gasteiger charge is 2.37. The van der Waals surface area contributed by atoms with Crippen LogP contribution in [0.25, 0.3) is 0 Å². The number of anilines is 3. The first-order valence-corrected chi connectivity index (χ1v) is 11.2. The summed E-state index contributed by atoms with van der Waals surface area (Å²) >= 11 is 0. The summed E-state index contributed by atoms with van der Waals surface area (Å²) in [6, 6.07) is 22.6. The molecule has 3 heterocycles. The van der Waals surface area contributed by atoms with E-state index in [-0.39, 0.29) is 23.6 Å². The molecule has 1 atom stereocenters. The minimum absolute atomic E-state index is 0.0671. The van der Waals surface area contributed by atoms with Crippen LogP contribution in [0.15, 0.2) is 72.8 Å². The normalized spacial score (nSPS) is 19.0. The zero-order chi connectivity index (χ0) is 22.6. The number of rotatable bonds is 5. The third-order valence-electron chi connectivity index (χ3n) is 6.24. The van der Waals surface area contributed by atoms with E-state index in [0.717, 1.165) is 56.3 Å². The molecule has 2 aliphatic heterocycles. The summed E-state index contributed by atoms with van der Waals surface area (Å²) in [6.07, 6.45) is 0.846. The topological polar surface area (TPSA) is 81.7 Å². The third kappa shape index (κ3) is 4.56. The van der Waals surface area contributed by atoms with Gasteiger partial charge in [-0.05, 0) is 42.8 Å². The van der Waals surface area contributed by atoms with Crippen molar-refractivity contribution in [3.63, 3.8) is 0 Å². The van der Waals surface area contributed by atoms with Gasteiger partial charge >= 0.3 is 0 Å². The SMILES string of the molecule is O=C(Nc1ccccc1)c1ccc(N2CCN([C@@H]3CCN(c4ccccc4)C3=O)CC2)nn1. The van der Waals surface area contributed by atoms with Crippen LogP contribution in [-0.2, 0) is 4.79 Å². The molecule has 33 heavy (non-hydrogen) atoms. The van der Waals surface area contributed by atoms with Gasteiger partial charge < -0.3 is 15.1 Å². The minimum atomic E-state index is -0.284. The molecule has 0 radical (unpaired) electrons. The Morgan fingerprint density at radius 2 is 1.52 bits per heavy atom. The van der Waals surface area contributed by atoms with Gasteiger partial charge in [0.25, 0.3) is 5.91 Å². The van der Waals surface area contributed by atoms with Crippen LogP contribution in [0, 0.1) is 0 Å². The van der Waals surface area contributed by atoms with Gasteiger partial charge in [0, 0.05) is 44.1 Å². The van der Waals surface area contributed by atoms with Crippen molar-refractivity contribution in [1.82, 2.24) is 15.1 Å². The van der Waals surface area contributed by atoms with Gasteiger partial charge in [-0.2, -0.15) is 0 Å². The van der Waals surface area contributed by atoms with Crippen molar-refractivity contribution >= 4 is 29.0 Å². The summed E-state index contributed by atoms with van der Waals surface area (Å²) in [5.74, 6) is 0.644. The zero-order valence-corrected chi connectivity index (χ0v) is 18.3. The Morgan fingerprint density at radius 3 is 2.18 bits per heavy atom. The fourth-order valence-corrected chi connectivity index (χ4v) is 4.46. The summed E-state index contributed by atoms with van der Waals surface area (Å²) < 4.78 is 0. The van der Waals surface area contributed by atoms with Gasteiger partial charge in [0.1, 0.15) is 0 Å². The first-order valence-electron chi connectivity index (χ1n) is 11.2. The predicted octanol–water partition coefficient (Wildman–Crippen LogP) is 2.66. The Bertz CT molecular complexity index is 1100. The summed E-state index contributed by atoms with van der Waals surface area (Å²) in [5, 5.41) is 11.2. The number of hydrogen-bond acceptors (Lipinski definition) is 6. The van der Waals surface area contributed by atoms with Gasteiger partial charge in [0.2, 0.25) is 5.91 Å². The molecule has 2 amide bonds. The van der Waals surface area contributed by atoms with Gasteiger partial charge in [-0.15, -0.1) is 10.2 Å². The van der Waals surface area contributed by atoms with Crippen molar-refractivity contribution in [2.45, 2.75) is 12.5 Å². The number of nitrogens with one attached hydrogen (secondary N) is 1. The van der Waals surface area contributed by atoms with E-state index in [2.05, 4.69) is 25.3 Å². The minimum Gasteiger partial charge on any atom is -0.353 e. The number of carbonyl (C=O) groups excluding carboxylic acids is 2. The number of carbonyl (C=O) groups is 2. The molecule has 2 fully saturated rings. The van der Waals surface area contributed by atoms with E-state index in [4.69, 9.17) is 0 Å². The Morgan fingerprint density at radius 1 is 0.818 bits per heavy atom. The Balaban J connectivity index is 1.16. The van der Waals surface area contributed by atoms with Crippen molar-refractivity contribution in [2.24, 2.45) is 0 Å². The van der Waals surface area contributed by atoms with Gasteiger partial charge in [0.15, 0.2) is 11.5 Å². The lowest BCUT2D eigenvalue weighted by molar-refractivity contribution is -0.121. The van der Waals surface area contributed by atoms with Crippen molar-refractivity contribution in [2.75, 3.05) is 47.8 Å². The highest BCUT2D eigenvalue weighted by atomic mass is 16.2. The number of benzene rings is 2. The number of para-hydroxylation sites is 2. The molecule has 8 heteroatoms. The fraction of sp³-hybridized carbons (Fsp3) is 0.280. The van der Waals surface area contributed by atoms with Crippen LogP contribution in [-0.4, -0.2) is 65.7 Å². The molecule has 1 N–H and O–H groups in total. The van der Waals surface area contributed by atoms with Crippen LogP contribution in [0.3, 0.4) is 0 Å². The van der Waals surface area contributed by atoms with E-state index in [1.807, 2.05) is 71.6 Å². The van der Waals surface area contributed by atoms with Crippen LogP contribution in [0.2, 0.25) is 0 Å². The van der Waals surface area contributed by atoms with Crippen LogP contribution in [0.4, 0.5) is 17.2 Å². The van der Waals surface area contributed by atoms with Crippen molar-refractivity contribution in [1.29, 1.82) is 0 Å². The monoisotopic (exact) mass is 442 g/mol. The van der Waals surface area contributed by atoms with Crippen molar-refractivity contribution in [3.8, 4) is 0 Å². The summed E-state index contributed by atoms with van der Waals surface area (Å²) in [6.45, 7) is 3.86. The standard InChI is InChI=1S/C25H26N6O2/c32-24(26-19-7-3-1-4-8-19)21-11-12-23(28-27-21)30-17-15-29(16-18-30)22-13-14-31(25(22)33)20-9-5-2-6-10-20/h1-12,22H,13-18H2,(H,26,32)/t22-/m1/s1. The van der Waals surface area contributed by atoms with E-state index in [1.54, 1.807) is 6.07 Å². The predicted molar refractivity (Wildman–Crippen MR) is 127 cm³/mol. The highest BCUT2D eigenvalue weighted by molar-refractivity contribution is 6.02. The molecule has 3 aromatic rings. The third-order valence-corrected chi connectivity index (χ3v) is 6.24. The lowest BCUT2D eigenvalue weighted by atomic mass is 10.1. The maximum Gasteiger partial charge on any atom is 0.276 e. The summed E-state index contributed by atoms with van der Waals surface area (Å²) in [5.41, 5.74) is 1.96. The van der Waals surface area contributed by atoms with E-state index in [1.165, 1.54) is 0 Å². The molecule has 5 rings (SSSR count). The average molecular weight is 443 g/mol. The maximum atomic E-state index is 13.0. The number of piperazine rings is 1. The van der Waals surface area contributed by atoms with E-state index >= 15 is 0 Å². The van der Waals surface area contributed by atoms with Crippen molar-refractivity contribution < 1.29 is 9.59 Å². The first kappa shape index (κ1) is 21.1. The second-order valence-electron chi connectivity index (χ2n) is 8.25. The zero-order valence-electron chi connectivity index (χ0n) is 18.3. The van der Waals surface area contributed by atoms with E-state index in [0.29, 0.717) is 0 Å². The van der Waals surface area contributed by atoms with Gasteiger partial charge in [-0.1, -0.05) is 36.4 Å². The van der Waals surface area contributed by atoms with Crippen LogP contribution in [0.5, 0.6) is 0 Å². The lowest BCUT2D eigenvalue weighted by Crippen LogP contribution is -2.52. The molecule has 0 bridgehead atoms. The van der Waals surface area contributed by atoms with Crippen LogP contribution >= 0.6 is 0 Å². The van der Waals surface area contributed by atoms with Gasteiger partial charge in [-0.25, -0.2) is 0 Å². The van der Waals surface area contributed by atoms with Crippen LogP contribution < -0.4 is 15.1 Å². The molecular weight excluding hydrogens is 416 g/mol. The van der Waals surface area contributed by atoms with E-state index in [9.17, 15) is 9.59 Å². The number of amides is 2. The molecule has 2 aliphatic rings. The number of aromatic nitrogens is 2. The Labute approximate surface area is 192 Å². The number of nitrogens with zero attached hydrogens (tertiary/aromatic N) is 5. The smallest absolute Gasteiger partial charge is 0.276 e. The summed E-state index contributed by atoms with van der Waals surface area (Å²) in [7, 11) is 0. The van der Waals surface area contributed by atoms with E-state index < -0.39 is 0 Å². The van der Waals surface area contributed by atoms with Crippen LogP contribution in [0.1, 0.15) is 16.9 Å². The Kier molecular flexibility index (Phi) is 5.99. The molecular formula is C25H26N6O2. The fourth-order valence-electron chi connectivity index (χ4n) is 4.46. The molecule has 0 aliphatic carbocycles. The second-order valence-corrected chi connectivity index (χ2v) is 8.25. The highest BCUT2D eigenvalue weighted by Crippen LogP contribution is 2.25. The quantitative estimate of drug-likeness (QED) is 0.654. The molecule has 0 unspecified atom stereocenters. The molecule has 168 valence electrons. The molecule has 0 saturated carbocycles. The Hall–Kier alpha value is -3.78. The summed E-state index contributed by atoms with van der Waals surface area (Å²) in [4.78, 5) is 31.7. The maximum absolute atomic E-state index is 13.0. The largest absolute Gasteiger partial charge is 0.353 e. The molecule has 2 saturated heterocycles. The van der Waals surface area contributed by atoms with Crippen molar-refractivity contribution in [3.05, 3.63) is 78.5 Å². The molecule has 1 aromatic heterocycles. The second kappa shape index (κ2) is 9.38. The molecule has 8 nitrogen and oxygen atoms in total. The van der Waals surface area contributed by atoms with Gasteiger partial charge in [0.05, 0.1) is 6.04 Å². The number of hydrogen-bond donors (Lipinski definition) is 1. The molecule has 0 spiro atoms. The lowest BCUT2D eigenvalue weighted by Gasteiger charge is -2.37. The first-order chi connectivity index (χ1) is 16.2. The molecule has 2 aromatic carbocycles. The van der Waals surface area contributed by atoms with Gasteiger partial charge in [-0.3, -0.25) is 14.5 Å².